The topological polar surface area (TPSA) is 46.0 Å². The predicted molar refractivity (Wildman–Crippen MR) is 55.3 cm³/mol. The Labute approximate surface area is 84.1 Å². The number of rotatable bonds is 1. The Morgan fingerprint density at radius 2 is 2.29 bits per heavy atom. The summed E-state index contributed by atoms with van der Waals surface area (Å²) in [5.41, 5.74) is 0.169. The van der Waals surface area contributed by atoms with Crippen molar-refractivity contribution in [1.29, 1.82) is 0 Å². The first-order valence-corrected chi connectivity index (χ1v) is 4.93. The molecule has 0 aliphatic carbocycles. The summed E-state index contributed by atoms with van der Waals surface area (Å²) in [6.45, 7) is 7.45. The minimum Gasteiger partial charge on any atom is -0.352 e. The maximum atomic E-state index is 3.94. The fourth-order valence-electron chi connectivity index (χ4n) is 1.91. The lowest BCUT2D eigenvalue weighted by atomic mass is 10.0. The Morgan fingerprint density at radius 1 is 1.50 bits per heavy atom. The van der Waals surface area contributed by atoms with Crippen molar-refractivity contribution < 1.29 is 0 Å². The van der Waals surface area contributed by atoms with E-state index in [2.05, 4.69) is 34.4 Å². The minimum absolute atomic E-state index is 0.169. The highest BCUT2D eigenvalue weighted by molar-refractivity contribution is 5.37. The van der Waals surface area contributed by atoms with Gasteiger partial charge in [0.15, 0.2) is 0 Å². The number of aromatic nitrogens is 3. The van der Waals surface area contributed by atoms with E-state index < -0.39 is 0 Å². The number of nitrogens with one attached hydrogen (secondary N) is 1. The summed E-state index contributed by atoms with van der Waals surface area (Å²) in [4.78, 5) is 2.32. The van der Waals surface area contributed by atoms with Crippen LogP contribution >= 0.6 is 0 Å². The zero-order chi connectivity index (χ0) is 10.2. The van der Waals surface area contributed by atoms with Crippen LogP contribution in [0.1, 0.15) is 13.8 Å². The fourth-order valence-corrected chi connectivity index (χ4v) is 1.91. The third-order valence-electron chi connectivity index (χ3n) is 2.59. The third-order valence-corrected chi connectivity index (χ3v) is 2.59. The molecule has 1 aliphatic rings. The molecular weight excluding hydrogens is 178 g/mol. The normalized spacial score (nSPS) is 21.2. The van der Waals surface area contributed by atoms with Crippen molar-refractivity contribution in [1.82, 2.24) is 20.3 Å². The quantitative estimate of drug-likeness (QED) is 0.685. The van der Waals surface area contributed by atoms with E-state index in [0.717, 1.165) is 25.5 Å². The van der Waals surface area contributed by atoms with Gasteiger partial charge in [0.1, 0.15) is 5.82 Å². The molecule has 5 nitrogen and oxygen atoms in total. The number of anilines is 1. The number of hydrogen-bond acceptors (Lipinski definition) is 4. The molecule has 0 spiro atoms. The molecule has 0 unspecified atom stereocenters. The lowest BCUT2D eigenvalue weighted by molar-refractivity contribution is 0.350. The molecule has 0 aromatic carbocycles. The number of aryl methyl sites for hydroxylation is 1. The smallest absolute Gasteiger partial charge is 0.147 e. The van der Waals surface area contributed by atoms with Crippen LogP contribution < -0.4 is 10.2 Å². The van der Waals surface area contributed by atoms with Gasteiger partial charge in [0.25, 0.3) is 0 Å². The number of piperazine rings is 1. The zero-order valence-corrected chi connectivity index (χ0v) is 8.99. The summed E-state index contributed by atoms with van der Waals surface area (Å²) in [6.07, 6.45) is 1.82. The molecular formula is C9H17N5. The Hall–Kier alpha value is -1.10. The van der Waals surface area contributed by atoms with Crippen molar-refractivity contribution in [3.8, 4) is 0 Å². The molecule has 78 valence electrons. The van der Waals surface area contributed by atoms with Gasteiger partial charge in [0, 0.05) is 32.2 Å². The molecule has 0 bridgehead atoms. The fraction of sp³-hybridized carbons (Fsp3) is 0.778. The predicted octanol–water partition coefficient (Wildman–Crippen LogP) is 0.00330. The molecule has 1 aromatic heterocycles. The van der Waals surface area contributed by atoms with Crippen LogP contribution in [-0.4, -0.2) is 40.2 Å². The maximum Gasteiger partial charge on any atom is 0.147 e. The van der Waals surface area contributed by atoms with E-state index in [0.29, 0.717) is 0 Å². The second-order valence-corrected chi connectivity index (χ2v) is 4.45. The van der Waals surface area contributed by atoms with Crippen LogP contribution in [0.25, 0.3) is 0 Å². The van der Waals surface area contributed by atoms with Crippen molar-refractivity contribution in [2.45, 2.75) is 19.4 Å². The highest BCUT2D eigenvalue weighted by Gasteiger charge is 2.27. The molecule has 5 heteroatoms. The lowest BCUT2D eigenvalue weighted by Gasteiger charge is -2.39. The first-order valence-electron chi connectivity index (χ1n) is 4.93. The van der Waals surface area contributed by atoms with E-state index >= 15 is 0 Å². The molecule has 1 fully saturated rings. The second-order valence-electron chi connectivity index (χ2n) is 4.45. The summed E-state index contributed by atoms with van der Waals surface area (Å²) >= 11 is 0. The van der Waals surface area contributed by atoms with Crippen LogP contribution in [0, 0.1) is 0 Å². The SMILES string of the molecule is Cn1nncc1N1CCNC(C)(C)C1. The zero-order valence-electron chi connectivity index (χ0n) is 8.99. The number of hydrogen-bond donors (Lipinski definition) is 1. The van der Waals surface area contributed by atoms with Crippen LogP contribution in [0.4, 0.5) is 5.82 Å². The van der Waals surface area contributed by atoms with E-state index in [1.807, 2.05) is 17.9 Å². The van der Waals surface area contributed by atoms with Crippen LogP contribution in [0.15, 0.2) is 6.20 Å². The Kier molecular flexibility index (Phi) is 2.19. The van der Waals surface area contributed by atoms with Gasteiger partial charge in [0.05, 0.1) is 6.20 Å². The largest absolute Gasteiger partial charge is 0.352 e. The van der Waals surface area contributed by atoms with E-state index in [1.54, 1.807) is 0 Å². The Morgan fingerprint density at radius 3 is 2.86 bits per heavy atom. The summed E-state index contributed by atoms with van der Waals surface area (Å²) < 4.78 is 1.82. The summed E-state index contributed by atoms with van der Waals surface area (Å²) in [5.74, 6) is 1.10. The van der Waals surface area contributed by atoms with E-state index in [9.17, 15) is 0 Å². The van der Waals surface area contributed by atoms with Crippen molar-refractivity contribution >= 4 is 5.82 Å². The van der Waals surface area contributed by atoms with E-state index in [-0.39, 0.29) is 5.54 Å². The third kappa shape index (κ3) is 1.72. The highest BCUT2D eigenvalue weighted by Crippen LogP contribution is 2.17. The summed E-state index contributed by atoms with van der Waals surface area (Å²) in [7, 11) is 1.93. The van der Waals surface area contributed by atoms with E-state index in [4.69, 9.17) is 0 Å². The lowest BCUT2D eigenvalue weighted by Crippen LogP contribution is -2.57. The van der Waals surface area contributed by atoms with Crippen molar-refractivity contribution in [2.75, 3.05) is 24.5 Å². The van der Waals surface area contributed by atoms with Gasteiger partial charge in [-0.25, -0.2) is 4.68 Å². The number of nitrogens with zero attached hydrogens (tertiary/aromatic N) is 4. The summed E-state index contributed by atoms with van der Waals surface area (Å²) in [5, 5.41) is 11.3. The molecule has 1 aromatic rings. The molecule has 1 N–H and O–H groups in total. The van der Waals surface area contributed by atoms with Crippen LogP contribution in [0.3, 0.4) is 0 Å². The molecule has 1 saturated heterocycles. The average molecular weight is 195 g/mol. The average Bonchev–Trinajstić information content (AvgIpc) is 2.49. The van der Waals surface area contributed by atoms with Crippen LogP contribution in [0.2, 0.25) is 0 Å². The molecule has 0 radical (unpaired) electrons. The highest BCUT2D eigenvalue weighted by atomic mass is 15.5. The minimum atomic E-state index is 0.169. The summed E-state index contributed by atoms with van der Waals surface area (Å²) in [6, 6.07) is 0. The molecule has 2 rings (SSSR count). The first kappa shape index (κ1) is 9.45. The van der Waals surface area contributed by atoms with Gasteiger partial charge < -0.3 is 10.2 Å². The molecule has 1 aliphatic heterocycles. The standard InChI is InChI=1S/C9H17N5/c1-9(2)7-14(5-4-10-9)8-6-11-12-13(8)3/h6,10H,4-5,7H2,1-3H3. The molecule has 0 saturated carbocycles. The van der Waals surface area contributed by atoms with Gasteiger partial charge in [0.2, 0.25) is 0 Å². The van der Waals surface area contributed by atoms with Crippen molar-refractivity contribution in [3.05, 3.63) is 6.20 Å². The molecule has 2 heterocycles. The Bertz CT molecular complexity index is 317. The van der Waals surface area contributed by atoms with Gasteiger partial charge in [-0.3, -0.25) is 0 Å². The first-order chi connectivity index (χ1) is 6.58. The van der Waals surface area contributed by atoms with Gasteiger partial charge in [-0.15, -0.1) is 5.10 Å². The van der Waals surface area contributed by atoms with Crippen molar-refractivity contribution in [3.63, 3.8) is 0 Å². The molecule has 0 atom stereocenters. The van der Waals surface area contributed by atoms with Crippen LogP contribution in [0.5, 0.6) is 0 Å². The van der Waals surface area contributed by atoms with Gasteiger partial charge >= 0.3 is 0 Å². The molecule has 0 amide bonds. The van der Waals surface area contributed by atoms with Gasteiger partial charge in [-0.2, -0.15) is 0 Å². The molecule has 14 heavy (non-hydrogen) atoms. The Balaban J connectivity index is 2.16. The van der Waals surface area contributed by atoms with Crippen molar-refractivity contribution in [2.24, 2.45) is 7.05 Å². The van der Waals surface area contributed by atoms with Gasteiger partial charge in [-0.05, 0) is 13.8 Å². The monoisotopic (exact) mass is 195 g/mol. The van der Waals surface area contributed by atoms with Crippen LogP contribution in [-0.2, 0) is 7.05 Å². The maximum absolute atomic E-state index is 3.94. The second kappa shape index (κ2) is 3.24. The van der Waals surface area contributed by atoms with E-state index in [1.165, 1.54) is 0 Å². The van der Waals surface area contributed by atoms with Gasteiger partial charge in [-0.1, -0.05) is 5.21 Å².